The van der Waals surface area contributed by atoms with Gasteiger partial charge in [0.25, 0.3) is 5.69 Å². The second kappa shape index (κ2) is 7.28. The summed E-state index contributed by atoms with van der Waals surface area (Å²) in [5.74, 6) is 2.41. The predicted molar refractivity (Wildman–Crippen MR) is 114 cm³/mol. The maximum absolute atomic E-state index is 11.3. The summed E-state index contributed by atoms with van der Waals surface area (Å²) in [6.45, 7) is 2.04. The first-order chi connectivity index (χ1) is 14.5. The fourth-order valence-corrected chi connectivity index (χ4v) is 4.32. The minimum atomic E-state index is -0.568. The van der Waals surface area contributed by atoms with Crippen molar-refractivity contribution in [1.82, 2.24) is 5.01 Å². The molecule has 0 fully saturated rings. The van der Waals surface area contributed by atoms with Gasteiger partial charge in [-0.25, -0.2) is 5.01 Å². The molecule has 0 aliphatic carbocycles. The molecule has 2 aliphatic rings. The number of non-ortho nitro benzene ring substituents is 1. The maximum Gasteiger partial charge on any atom is 0.269 e. The van der Waals surface area contributed by atoms with Crippen LogP contribution >= 0.6 is 15.9 Å². The van der Waals surface area contributed by atoms with Gasteiger partial charge in [-0.1, -0.05) is 35.0 Å². The Balaban J connectivity index is 1.59. The maximum atomic E-state index is 11.3. The largest absolute Gasteiger partial charge is 0.464 e. The van der Waals surface area contributed by atoms with Crippen LogP contribution in [-0.4, -0.2) is 15.6 Å². The highest BCUT2D eigenvalue weighted by atomic mass is 79.9. The minimum absolute atomic E-state index is 0.0243. The zero-order valence-electron chi connectivity index (χ0n) is 16.1. The number of fused-ring (bicyclic) bond motifs is 3. The van der Waals surface area contributed by atoms with Gasteiger partial charge >= 0.3 is 0 Å². The van der Waals surface area contributed by atoms with Crippen LogP contribution in [0.25, 0.3) is 0 Å². The summed E-state index contributed by atoms with van der Waals surface area (Å²) >= 11 is 3.54. The molecule has 0 amide bonds. The van der Waals surface area contributed by atoms with Gasteiger partial charge in [0.05, 0.1) is 11.0 Å². The van der Waals surface area contributed by atoms with Crippen LogP contribution in [-0.2, 0) is 6.42 Å². The molecule has 0 saturated heterocycles. The number of hydrogen-bond acceptors (Lipinski definition) is 6. The Kier molecular flexibility index (Phi) is 4.58. The monoisotopic (exact) mass is 467 g/mol. The molecule has 2 atom stereocenters. The lowest BCUT2D eigenvalue weighted by atomic mass is 9.97. The molecule has 7 nitrogen and oxygen atoms in total. The quantitative estimate of drug-likeness (QED) is 0.360. The predicted octanol–water partition coefficient (Wildman–Crippen LogP) is 5.76. The first-order valence-corrected chi connectivity index (χ1v) is 10.5. The van der Waals surface area contributed by atoms with E-state index in [2.05, 4.69) is 15.9 Å². The standard InChI is InChI=1S/C22H18BrN3O4/c1-2-16-7-9-21(29-16)18-12-19-17-11-14(23)6-8-20(17)30-22(25(19)24-18)13-4-3-5-15(10-13)26(27)28/h3-11,19,22H,2,12H2,1H3/t19-,22-/m0/s1. The van der Waals surface area contributed by atoms with E-state index < -0.39 is 11.2 Å². The van der Waals surface area contributed by atoms with Crippen LogP contribution in [0.1, 0.15) is 48.3 Å². The number of furan rings is 1. The van der Waals surface area contributed by atoms with Crippen LogP contribution in [0.5, 0.6) is 5.75 Å². The molecular formula is C22H18BrN3O4. The van der Waals surface area contributed by atoms with Crippen LogP contribution < -0.4 is 4.74 Å². The molecule has 2 aromatic carbocycles. The average Bonchev–Trinajstić information content (AvgIpc) is 3.40. The van der Waals surface area contributed by atoms with Gasteiger partial charge in [-0.3, -0.25) is 10.1 Å². The Labute approximate surface area is 181 Å². The number of nitrogens with zero attached hydrogens (tertiary/aromatic N) is 3. The molecule has 0 radical (unpaired) electrons. The topological polar surface area (TPSA) is 81.1 Å². The third-order valence-electron chi connectivity index (χ3n) is 5.41. The van der Waals surface area contributed by atoms with E-state index in [1.165, 1.54) is 6.07 Å². The number of hydrazone groups is 1. The summed E-state index contributed by atoms with van der Waals surface area (Å²) in [5.41, 5.74) is 2.57. The number of nitro groups is 1. The summed E-state index contributed by atoms with van der Waals surface area (Å²) in [5, 5.41) is 18.0. The molecule has 5 rings (SSSR count). The van der Waals surface area contributed by atoms with Crippen LogP contribution in [0.15, 0.2) is 68.6 Å². The highest BCUT2D eigenvalue weighted by Crippen LogP contribution is 2.48. The number of hydrogen-bond donors (Lipinski definition) is 0. The molecule has 152 valence electrons. The van der Waals surface area contributed by atoms with E-state index in [0.29, 0.717) is 12.0 Å². The van der Waals surface area contributed by atoms with Gasteiger partial charge in [0.2, 0.25) is 6.23 Å². The van der Waals surface area contributed by atoms with Gasteiger partial charge < -0.3 is 9.15 Å². The molecule has 3 heterocycles. The number of halogens is 1. The Bertz CT molecular complexity index is 1170. The number of nitro benzene ring substituents is 1. The van der Waals surface area contributed by atoms with E-state index in [-0.39, 0.29) is 11.7 Å². The molecule has 30 heavy (non-hydrogen) atoms. The fraction of sp³-hybridized carbons (Fsp3) is 0.227. The molecule has 0 spiro atoms. The number of benzene rings is 2. The Morgan fingerprint density at radius 1 is 1.23 bits per heavy atom. The lowest BCUT2D eigenvalue weighted by Crippen LogP contribution is -2.33. The lowest BCUT2D eigenvalue weighted by molar-refractivity contribution is -0.385. The molecule has 0 N–H and O–H groups in total. The van der Waals surface area contributed by atoms with Gasteiger partial charge in [-0.15, -0.1) is 0 Å². The average molecular weight is 468 g/mol. The third-order valence-corrected chi connectivity index (χ3v) is 5.91. The fourth-order valence-electron chi connectivity index (χ4n) is 3.94. The van der Waals surface area contributed by atoms with Gasteiger partial charge in [0.1, 0.15) is 23.0 Å². The molecule has 2 aliphatic heterocycles. The first-order valence-electron chi connectivity index (χ1n) is 9.69. The Hall–Kier alpha value is -3.13. The van der Waals surface area contributed by atoms with Crippen LogP contribution in [0.3, 0.4) is 0 Å². The van der Waals surface area contributed by atoms with E-state index in [9.17, 15) is 10.1 Å². The highest BCUT2D eigenvalue weighted by Gasteiger charge is 2.42. The van der Waals surface area contributed by atoms with E-state index in [0.717, 1.165) is 39.4 Å². The van der Waals surface area contributed by atoms with Crippen molar-refractivity contribution in [3.8, 4) is 5.75 Å². The van der Waals surface area contributed by atoms with Crippen molar-refractivity contribution >= 4 is 27.3 Å². The summed E-state index contributed by atoms with van der Waals surface area (Å²) < 4.78 is 13.2. The highest BCUT2D eigenvalue weighted by molar-refractivity contribution is 9.10. The summed E-state index contributed by atoms with van der Waals surface area (Å²) in [4.78, 5) is 10.9. The van der Waals surface area contributed by atoms with Crippen LogP contribution in [0, 0.1) is 10.1 Å². The Morgan fingerprint density at radius 3 is 2.87 bits per heavy atom. The van der Waals surface area contributed by atoms with Gasteiger partial charge in [-0.2, -0.15) is 5.10 Å². The molecule has 0 bridgehead atoms. The molecule has 3 aromatic rings. The number of ether oxygens (including phenoxy) is 1. The first kappa shape index (κ1) is 18.9. The van der Waals surface area contributed by atoms with Crippen molar-refractivity contribution < 1.29 is 14.1 Å². The van der Waals surface area contributed by atoms with Crippen LogP contribution in [0.4, 0.5) is 5.69 Å². The summed E-state index contributed by atoms with van der Waals surface area (Å²) in [7, 11) is 0. The van der Waals surface area contributed by atoms with E-state index >= 15 is 0 Å². The Morgan fingerprint density at radius 2 is 2.10 bits per heavy atom. The van der Waals surface area contributed by atoms with Crippen molar-refractivity contribution in [1.29, 1.82) is 0 Å². The van der Waals surface area contributed by atoms with E-state index in [1.807, 2.05) is 48.3 Å². The second-order valence-corrected chi connectivity index (χ2v) is 8.19. The van der Waals surface area contributed by atoms with Crippen molar-refractivity contribution in [3.05, 3.63) is 91.8 Å². The lowest BCUT2D eigenvalue weighted by Gasteiger charge is -2.38. The van der Waals surface area contributed by atoms with Crippen molar-refractivity contribution in [2.75, 3.05) is 0 Å². The van der Waals surface area contributed by atoms with E-state index in [4.69, 9.17) is 14.3 Å². The normalized spacial score (nSPS) is 19.7. The van der Waals surface area contributed by atoms with Gasteiger partial charge in [0.15, 0.2) is 0 Å². The number of rotatable bonds is 4. The molecule has 1 aromatic heterocycles. The minimum Gasteiger partial charge on any atom is -0.464 e. The molecule has 0 unspecified atom stereocenters. The summed E-state index contributed by atoms with van der Waals surface area (Å²) in [6.07, 6.45) is 0.909. The molecule has 8 heteroatoms. The zero-order chi connectivity index (χ0) is 20.8. The SMILES string of the molecule is CCc1ccc(C2=NN3[C@@H](C2)c2cc(Br)ccc2O[C@H]3c2cccc([N+](=O)[O-])c2)o1. The van der Waals surface area contributed by atoms with Crippen LogP contribution in [0.2, 0.25) is 0 Å². The molecule has 0 saturated carbocycles. The van der Waals surface area contributed by atoms with Gasteiger partial charge in [-0.05, 0) is 30.3 Å². The summed E-state index contributed by atoms with van der Waals surface area (Å²) in [6, 6.07) is 16.3. The zero-order valence-corrected chi connectivity index (χ0v) is 17.7. The number of aryl methyl sites for hydroxylation is 1. The van der Waals surface area contributed by atoms with E-state index in [1.54, 1.807) is 12.1 Å². The van der Waals surface area contributed by atoms with Crippen molar-refractivity contribution in [2.24, 2.45) is 5.10 Å². The van der Waals surface area contributed by atoms with Crippen molar-refractivity contribution in [3.63, 3.8) is 0 Å². The van der Waals surface area contributed by atoms with Crippen molar-refractivity contribution in [2.45, 2.75) is 32.0 Å². The molecular weight excluding hydrogens is 450 g/mol. The smallest absolute Gasteiger partial charge is 0.269 e. The third kappa shape index (κ3) is 3.17. The van der Waals surface area contributed by atoms with Gasteiger partial charge in [0, 0.05) is 40.6 Å². The second-order valence-electron chi connectivity index (χ2n) is 7.27.